The van der Waals surface area contributed by atoms with E-state index in [4.69, 9.17) is 0 Å². The van der Waals surface area contributed by atoms with Crippen molar-refractivity contribution < 1.29 is 0 Å². The standard InChI is InChI=1S/C17H29N/c1-6-18-12-17(7-13(2)3)11-16-9-14(4)8-15(5)10-16/h8-10,13,17-18H,6-7,11-12H2,1-5H3. The summed E-state index contributed by atoms with van der Waals surface area (Å²) in [5, 5.41) is 3.50. The molecule has 0 aliphatic carbocycles. The zero-order valence-electron chi connectivity index (χ0n) is 12.7. The minimum absolute atomic E-state index is 0.756. The van der Waals surface area contributed by atoms with Gasteiger partial charge in [0.25, 0.3) is 0 Å². The van der Waals surface area contributed by atoms with Crippen molar-refractivity contribution in [3.8, 4) is 0 Å². The van der Waals surface area contributed by atoms with E-state index in [0.717, 1.165) is 24.9 Å². The fourth-order valence-corrected chi connectivity index (χ4v) is 2.77. The van der Waals surface area contributed by atoms with Crippen molar-refractivity contribution in [2.24, 2.45) is 11.8 Å². The molecule has 0 bridgehead atoms. The van der Waals surface area contributed by atoms with Gasteiger partial charge in [-0.05, 0) is 57.2 Å². The predicted molar refractivity (Wildman–Crippen MR) is 81.1 cm³/mol. The molecule has 0 aliphatic rings. The monoisotopic (exact) mass is 247 g/mol. The Kier molecular flexibility index (Phi) is 6.42. The molecule has 1 aromatic rings. The third-order valence-electron chi connectivity index (χ3n) is 3.29. The van der Waals surface area contributed by atoms with Crippen LogP contribution in [0.15, 0.2) is 18.2 Å². The average molecular weight is 247 g/mol. The molecular formula is C17H29N. The van der Waals surface area contributed by atoms with Crippen molar-refractivity contribution in [2.45, 2.75) is 47.5 Å². The number of hydrogen-bond donors (Lipinski definition) is 1. The molecule has 1 nitrogen and oxygen atoms in total. The highest BCUT2D eigenvalue weighted by Crippen LogP contribution is 2.18. The van der Waals surface area contributed by atoms with Gasteiger partial charge in [-0.1, -0.05) is 50.1 Å². The summed E-state index contributed by atoms with van der Waals surface area (Å²) in [6, 6.07) is 6.93. The van der Waals surface area contributed by atoms with Gasteiger partial charge in [0.2, 0.25) is 0 Å². The van der Waals surface area contributed by atoms with Gasteiger partial charge in [0.05, 0.1) is 0 Å². The first-order chi connectivity index (χ1) is 8.51. The van der Waals surface area contributed by atoms with Crippen molar-refractivity contribution in [3.05, 3.63) is 34.9 Å². The summed E-state index contributed by atoms with van der Waals surface area (Å²) in [7, 11) is 0. The second-order valence-electron chi connectivity index (χ2n) is 6.00. The molecule has 0 spiro atoms. The number of aryl methyl sites for hydroxylation is 2. The third kappa shape index (κ3) is 5.68. The fourth-order valence-electron chi connectivity index (χ4n) is 2.77. The Morgan fingerprint density at radius 1 is 1.06 bits per heavy atom. The molecule has 0 aliphatic heterocycles. The maximum Gasteiger partial charge on any atom is -0.00174 e. The van der Waals surface area contributed by atoms with Gasteiger partial charge in [-0.3, -0.25) is 0 Å². The molecule has 1 unspecified atom stereocenters. The first-order valence-corrected chi connectivity index (χ1v) is 7.29. The normalized spacial score (nSPS) is 13.0. The summed E-state index contributed by atoms with van der Waals surface area (Å²) in [5.74, 6) is 1.53. The van der Waals surface area contributed by atoms with Gasteiger partial charge in [0, 0.05) is 0 Å². The van der Waals surface area contributed by atoms with E-state index in [-0.39, 0.29) is 0 Å². The number of benzene rings is 1. The maximum absolute atomic E-state index is 3.50. The molecule has 18 heavy (non-hydrogen) atoms. The van der Waals surface area contributed by atoms with Crippen LogP contribution in [0.5, 0.6) is 0 Å². The Morgan fingerprint density at radius 2 is 1.67 bits per heavy atom. The molecule has 0 heterocycles. The number of hydrogen-bond acceptors (Lipinski definition) is 1. The van der Waals surface area contributed by atoms with Crippen LogP contribution in [-0.4, -0.2) is 13.1 Å². The summed E-state index contributed by atoms with van der Waals surface area (Å²) in [4.78, 5) is 0. The summed E-state index contributed by atoms with van der Waals surface area (Å²) in [5.41, 5.74) is 4.27. The minimum Gasteiger partial charge on any atom is -0.317 e. The molecular weight excluding hydrogens is 218 g/mol. The third-order valence-corrected chi connectivity index (χ3v) is 3.29. The molecule has 1 rings (SSSR count). The molecule has 0 radical (unpaired) electrons. The second-order valence-corrected chi connectivity index (χ2v) is 6.00. The summed E-state index contributed by atoms with van der Waals surface area (Å²) in [6.07, 6.45) is 2.51. The van der Waals surface area contributed by atoms with Crippen LogP contribution in [0, 0.1) is 25.7 Å². The molecule has 0 fully saturated rings. The molecule has 0 aromatic heterocycles. The highest BCUT2D eigenvalue weighted by molar-refractivity contribution is 5.28. The van der Waals surface area contributed by atoms with Crippen LogP contribution in [0.4, 0.5) is 0 Å². The van der Waals surface area contributed by atoms with E-state index in [9.17, 15) is 0 Å². The summed E-state index contributed by atoms with van der Waals surface area (Å²) in [6.45, 7) is 13.4. The van der Waals surface area contributed by atoms with Crippen LogP contribution in [0.1, 0.15) is 43.9 Å². The lowest BCUT2D eigenvalue weighted by atomic mass is 9.90. The van der Waals surface area contributed by atoms with Crippen molar-refractivity contribution in [2.75, 3.05) is 13.1 Å². The van der Waals surface area contributed by atoms with E-state index in [1.54, 1.807) is 0 Å². The molecule has 0 amide bonds. The van der Waals surface area contributed by atoms with Crippen LogP contribution in [0.2, 0.25) is 0 Å². The lowest BCUT2D eigenvalue weighted by Gasteiger charge is -2.20. The first kappa shape index (κ1) is 15.2. The van der Waals surface area contributed by atoms with Crippen molar-refractivity contribution in [1.29, 1.82) is 0 Å². The molecule has 102 valence electrons. The lowest BCUT2D eigenvalue weighted by Crippen LogP contribution is -2.25. The predicted octanol–water partition coefficient (Wildman–Crippen LogP) is 4.12. The molecule has 0 saturated heterocycles. The Labute approximate surface area is 113 Å². The van der Waals surface area contributed by atoms with Crippen molar-refractivity contribution >= 4 is 0 Å². The van der Waals surface area contributed by atoms with Crippen LogP contribution < -0.4 is 5.32 Å². The van der Waals surface area contributed by atoms with Gasteiger partial charge >= 0.3 is 0 Å². The SMILES string of the molecule is CCNCC(Cc1cc(C)cc(C)c1)CC(C)C. The largest absolute Gasteiger partial charge is 0.317 e. The maximum atomic E-state index is 3.50. The number of rotatable bonds is 7. The van der Waals surface area contributed by atoms with E-state index >= 15 is 0 Å². The van der Waals surface area contributed by atoms with E-state index in [0.29, 0.717) is 0 Å². The number of nitrogens with one attached hydrogen (secondary N) is 1. The molecule has 1 aromatic carbocycles. The zero-order valence-corrected chi connectivity index (χ0v) is 12.7. The topological polar surface area (TPSA) is 12.0 Å². The van der Waals surface area contributed by atoms with E-state index in [1.165, 1.54) is 29.5 Å². The van der Waals surface area contributed by atoms with Crippen LogP contribution in [0.25, 0.3) is 0 Å². The summed E-state index contributed by atoms with van der Waals surface area (Å²) < 4.78 is 0. The van der Waals surface area contributed by atoms with Crippen LogP contribution in [-0.2, 0) is 6.42 Å². The zero-order chi connectivity index (χ0) is 13.5. The second kappa shape index (κ2) is 7.58. The molecule has 0 saturated carbocycles. The van der Waals surface area contributed by atoms with Crippen molar-refractivity contribution in [3.63, 3.8) is 0 Å². The average Bonchev–Trinajstić information content (AvgIpc) is 2.23. The Morgan fingerprint density at radius 3 is 2.17 bits per heavy atom. The van der Waals surface area contributed by atoms with Crippen LogP contribution in [0.3, 0.4) is 0 Å². The molecule has 1 atom stereocenters. The Balaban J connectivity index is 2.68. The van der Waals surface area contributed by atoms with E-state index in [1.807, 2.05) is 0 Å². The van der Waals surface area contributed by atoms with Gasteiger partial charge < -0.3 is 5.32 Å². The fraction of sp³-hybridized carbons (Fsp3) is 0.647. The highest BCUT2D eigenvalue weighted by Gasteiger charge is 2.11. The van der Waals surface area contributed by atoms with Crippen LogP contribution >= 0.6 is 0 Å². The first-order valence-electron chi connectivity index (χ1n) is 7.29. The molecule has 1 N–H and O–H groups in total. The van der Waals surface area contributed by atoms with Gasteiger partial charge in [-0.15, -0.1) is 0 Å². The van der Waals surface area contributed by atoms with Gasteiger partial charge in [0.15, 0.2) is 0 Å². The smallest absolute Gasteiger partial charge is 0.00174 e. The van der Waals surface area contributed by atoms with Gasteiger partial charge in [-0.25, -0.2) is 0 Å². The van der Waals surface area contributed by atoms with Crippen molar-refractivity contribution in [1.82, 2.24) is 5.32 Å². The lowest BCUT2D eigenvalue weighted by molar-refractivity contribution is 0.388. The summed E-state index contributed by atoms with van der Waals surface area (Å²) >= 11 is 0. The Bertz CT molecular complexity index is 334. The Hall–Kier alpha value is -0.820. The van der Waals surface area contributed by atoms with Gasteiger partial charge in [-0.2, -0.15) is 0 Å². The minimum atomic E-state index is 0.756. The van der Waals surface area contributed by atoms with E-state index < -0.39 is 0 Å². The quantitative estimate of drug-likeness (QED) is 0.764. The van der Waals surface area contributed by atoms with Gasteiger partial charge in [0.1, 0.15) is 0 Å². The van der Waals surface area contributed by atoms with E-state index in [2.05, 4.69) is 58.1 Å². The highest BCUT2D eigenvalue weighted by atomic mass is 14.8. The molecule has 1 heteroatoms.